The molecule has 2 rings (SSSR count). The third-order valence-corrected chi connectivity index (χ3v) is 2.61. The molecule has 2 atom stereocenters. The number of nitrogens with zero attached hydrogens (tertiary/aromatic N) is 1. The van der Waals surface area contributed by atoms with Crippen molar-refractivity contribution >= 4 is 5.97 Å². The van der Waals surface area contributed by atoms with Crippen LogP contribution in [0.4, 0.5) is 0 Å². The zero-order valence-corrected chi connectivity index (χ0v) is 8.67. The van der Waals surface area contributed by atoms with Crippen LogP contribution >= 0.6 is 0 Å². The topological polar surface area (TPSA) is 79.7 Å². The van der Waals surface area contributed by atoms with E-state index >= 15 is 0 Å². The van der Waals surface area contributed by atoms with Crippen molar-refractivity contribution < 1.29 is 19.7 Å². The van der Waals surface area contributed by atoms with Gasteiger partial charge in [-0.2, -0.15) is 0 Å². The lowest BCUT2D eigenvalue weighted by Crippen LogP contribution is -2.14. The predicted octanol–water partition coefficient (Wildman–Crippen LogP) is 1.07. The molecular formula is C11H13NO4. The lowest BCUT2D eigenvalue weighted by molar-refractivity contribution is 0.0689. The molecule has 1 aromatic rings. The number of carboxylic acids is 1. The minimum absolute atomic E-state index is 0.0287. The van der Waals surface area contributed by atoms with E-state index in [1.807, 2.05) is 0 Å². The van der Waals surface area contributed by atoms with E-state index in [0.29, 0.717) is 12.2 Å². The van der Waals surface area contributed by atoms with Gasteiger partial charge in [0, 0.05) is 18.7 Å². The van der Waals surface area contributed by atoms with Crippen molar-refractivity contribution in [3.8, 4) is 5.75 Å². The summed E-state index contributed by atoms with van der Waals surface area (Å²) in [4.78, 5) is 14.4. The van der Waals surface area contributed by atoms with Crippen molar-refractivity contribution in [1.29, 1.82) is 0 Å². The second-order valence-corrected chi connectivity index (χ2v) is 3.89. The van der Waals surface area contributed by atoms with Crippen LogP contribution in [0.1, 0.15) is 29.8 Å². The van der Waals surface area contributed by atoms with Gasteiger partial charge in [-0.3, -0.25) is 0 Å². The fourth-order valence-corrected chi connectivity index (χ4v) is 1.82. The fraction of sp³-hybridized carbons (Fsp3) is 0.455. The number of aromatic nitrogens is 1. The summed E-state index contributed by atoms with van der Waals surface area (Å²) < 4.78 is 5.57. The molecule has 1 aromatic heterocycles. The van der Waals surface area contributed by atoms with Gasteiger partial charge in [0.1, 0.15) is 11.9 Å². The fourth-order valence-electron chi connectivity index (χ4n) is 1.82. The number of carbonyl (C=O) groups is 1. The number of hydrogen-bond acceptors (Lipinski definition) is 4. The summed E-state index contributed by atoms with van der Waals surface area (Å²) in [6.07, 6.45) is 3.22. The van der Waals surface area contributed by atoms with Crippen LogP contribution in [0.25, 0.3) is 0 Å². The van der Waals surface area contributed by atoms with Crippen molar-refractivity contribution in [3.63, 3.8) is 0 Å². The molecule has 1 aliphatic rings. The lowest BCUT2D eigenvalue weighted by Gasteiger charge is -2.13. The Balaban J connectivity index is 2.04. The number of aliphatic hydroxyl groups excluding tert-OH is 1. The first-order chi connectivity index (χ1) is 7.65. The smallest absolute Gasteiger partial charge is 0.354 e. The van der Waals surface area contributed by atoms with Crippen molar-refractivity contribution in [2.75, 3.05) is 0 Å². The average molecular weight is 223 g/mol. The molecule has 2 unspecified atom stereocenters. The molecule has 0 spiro atoms. The third kappa shape index (κ3) is 2.49. The summed E-state index contributed by atoms with van der Waals surface area (Å²) in [6.45, 7) is 0. The van der Waals surface area contributed by atoms with Gasteiger partial charge in [0.05, 0.1) is 6.10 Å². The maximum Gasteiger partial charge on any atom is 0.354 e. The van der Waals surface area contributed by atoms with Gasteiger partial charge in [-0.1, -0.05) is 0 Å². The Morgan fingerprint density at radius 2 is 2.31 bits per heavy atom. The SMILES string of the molecule is O=C(O)c1cc(OC2CCC(O)C2)ccn1. The Kier molecular flexibility index (Phi) is 3.05. The van der Waals surface area contributed by atoms with Crippen LogP contribution in [0.15, 0.2) is 18.3 Å². The molecule has 2 N–H and O–H groups in total. The van der Waals surface area contributed by atoms with Crippen molar-refractivity contribution in [2.45, 2.75) is 31.5 Å². The molecule has 0 radical (unpaired) electrons. The molecule has 1 heterocycles. The normalized spacial score (nSPS) is 24.3. The summed E-state index contributed by atoms with van der Waals surface area (Å²) in [5, 5.41) is 18.1. The molecule has 0 aliphatic heterocycles. The van der Waals surface area contributed by atoms with E-state index in [0.717, 1.165) is 12.8 Å². The van der Waals surface area contributed by atoms with Crippen molar-refractivity contribution in [3.05, 3.63) is 24.0 Å². The van der Waals surface area contributed by atoms with Gasteiger partial charge in [0.25, 0.3) is 0 Å². The van der Waals surface area contributed by atoms with E-state index in [2.05, 4.69) is 4.98 Å². The molecule has 0 aromatic carbocycles. The highest BCUT2D eigenvalue weighted by molar-refractivity contribution is 5.85. The second-order valence-electron chi connectivity index (χ2n) is 3.89. The largest absolute Gasteiger partial charge is 0.490 e. The molecule has 5 nitrogen and oxygen atoms in total. The van der Waals surface area contributed by atoms with Gasteiger partial charge >= 0.3 is 5.97 Å². The lowest BCUT2D eigenvalue weighted by atomic mass is 10.3. The first kappa shape index (κ1) is 10.9. The summed E-state index contributed by atoms with van der Waals surface area (Å²) in [7, 11) is 0. The van der Waals surface area contributed by atoms with Crippen LogP contribution in [-0.2, 0) is 0 Å². The molecule has 16 heavy (non-hydrogen) atoms. The van der Waals surface area contributed by atoms with E-state index in [-0.39, 0.29) is 17.9 Å². The van der Waals surface area contributed by atoms with Crippen molar-refractivity contribution in [1.82, 2.24) is 4.98 Å². The minimum Gasteiger partial charge on any atom is -0.490 e. The van der Waals surface area contributed by atoms with E-state index in [9.17, 15) is 9.90 Å². The standard InChI is InChI=1S/C11H13NO4/c13-7-1-2-8(5-7)16-9-3-4-12-10(6-9)11(14)15/h3-4,6-8,13H,1-2,5H2,(H,14,15). The molecule has 1 saturated carbocycles. The number of aromatic carboxylic acids is 1. The van der Waals surface area contributed by atoms with Crippen LogP contribution in [0.5, 0.6) is 5.75 Å². The Bertz CT molecular complexity index is 393. The van der Waals surface area contributed by atoms with Crippen LogP contribution in [0.2, 0.25) is 0 Å². The van der Waals surface area contributed by atoms with Crippen LogP contribution in [0, 0.1) is 0 Å². The van der Waals surface area contributed by atoms with Gasteiger partial charge in [0.15, 0.2) is 5.69 Å². The van der Waals surface area contributed by atoms with Crippen LogP contribution < -0.4 is 4.74 Å². The van der Waals surface area contributed by atoms with Crippen molar-refractivity contribution in [2.24, 2.45) is 0 Å². The maximum absolute atomic E-state index is 10.7. The molecule has 0 bridgehead atoms. The van der Waals surface area contributed by atoms with E-state index in [1.54, 1.807) is 6.07 Å². The molecule has 0 amide bonds. The Morgan fingerprint density at radius 1 is 1.50 bits per heavy atom. The highest BCUT2D eigenvalue weighted by Gasteiger charge is 2.24. The number of ether oxygens (including phenoxy) is 1. The van der Waals surface area contributed by atoms with Gasteiger partial charge in [0.2, 0.25) is 0 Å². The van der Waals surface area contributed by atoms with Crippen LogP contribution in [0.3, 0.4) is 0 Å². The van der Waals surface area contributed by atoms with E-state index < -0.39 is 5.97 Å². The summed E-state index contributed by atoms with van der Waals surface area (Å²) in [5.74, 6) is -0.580. The molecule has 5 heteroatoms. The van der Waals surface area contributed by atoms with E-state index in [1.165, 1.54) is 12.3 Å². The molecule has 1 aliphatic carbocycles. The molecule has 86 valence electrons. The second kappa shape index (κ2) is 4.49. The van der Waals surface area contributed by atoms with Crippen LogP contribution in [-0.4, -0.2) is 33.4 Å². The number of pyridine rings is 1. The summed E-state index contributed by atoms with van der Waals surface area (Å²) >= 11 is 0. The highest BCUT2D eigenvalue weighted by Crippen LogP contribution is 2.24. The molecular weight excluding hydrogens is 210 g/mol. The van der Waals surface area contributed by atoms with E-state index in [4.69, 9.17) is 9.84 Å². The van der Waals surface area contributed by atoms with Gasteiger partial charge in [-0.15, -0.1) is 0 Å². The summed E-state index contributed by atoms with van der Waals surface area (Å²) in [5.41, 5.74) is -0.0314. The quantitative estimate of drug-likeness (QED) is 0.801. The minimum atomic E-state index is -1.07. The van der Waals surface area contributed by atoms with Gasteiger partial charge in [-0.05, 0) is 18.9 Å². The Morgan fingerprint density at radius 3 is 2.94 bits per heavy atom. The zero-order chi connectivity index (χ0) is 11.5. The van der Waals surface area contributed by atoms with Gasteiger partial charge in [-0.25, -0.2) is 9.78 Å². The average Bonchev–Trinajstić information content (AvgIpc) is 2.64. The first-order valence-electron chi connectivity index (χ1n) is 5.19. The number of carboxylic acid groups (broad SMARTS) is 1. The maximum atomic E-state index is 10.7. The first-order valence-corrected chi connectivity index (χ1v) is 5.19. The highest BCUT2D eigenvalue weighted by atomic mass is 16.5. The Labute approximate surface area is 92.7 Å². The third-order valence-electron chi connectivity index (χ3n) is 2.61. The molecule has 1 fully saturated rings. The zero-order valence-electron chi connectivity index (χ0n) is 8.67. The monoisotopic (exact) mass is 223 g/mol. The predicted molar refractivity (Wildman–Crippen MR) is 55.5 cm³/mol. The number of rotatable bonds is 3. The Hall–Kier alpha value is -1.62. The number of hydrogen-bond donors (Lipinski definition) is 2. The van der Waals surface area contributed by atoms with Gasteiger partial charge < -0.3 is 14.9 Å². The summed E-state index contributed by atoms with van der Waals surface area (Å²) in [6, 6.07) is 3.02. The number of aliphatic hydroxyl groups is 1. The molecule has 0 saturated heterocycles.